The lowest BCUT2D eigenvalue weighted by Crippen LogP contribution is -2.51. The zero-order valence-electron chi connectivity index (χ0n) is 19.4. The molecular weight excluding hydrogens is 421 g/mol. The Morgan fingerprint density at radius 3 is 2.33 bits per heavy atom. The minimum absolute atomic E-state index is 0.129. The lowest BCUT2D eigenvalue weighted by molar-refractivity contribution is -0.138. The van der Waals surface area contributed by atoms with Crippen molar-refractivity contribution in [3.8, 4) is 11.6 Å². The number of nitrogens with zero attached hydrogens (tertiary/aromatic N) is 2. The van der Waals surface area contributed by atoms with Crippen molar-refractivity contribution < 1.29 is 18.7 Å². The van der Waals surface area contributed by atoms with Gasteiger partial charge in [0.15, 0.2) is 0 Å². The fraction of sp³-hybridized carbons (Fsp3) is 0.500. The fourth-order valence-electron chi connectivity index (χ4n) is 5.15. The minimum Gasteiger partial charge on any atom is -0.489 e. The summed E-state index contributed by atoms with van der Waals surface area (Å²) in [6, 6.07) is 8.24. The van der Waals surface area contributed by atoms with E-state index in [0.717, 1.165) is 50.0 Å². The van der Waals surface area contributed by atoms with Gasteiger partial charge in [-0.05, 0) is 73.6 Å². The monoisotopic (exact) mass is 453 g/mol. The van der Waals surface area contributed by atoms with Crippen LogP contribution in [-0.4, -0.2) is 29.6 Å². The lowest BCUT2D eigenvalue weighted by atomic mass is 9.51. The van der Waals surface area contributed by atoms with Gasteiger partial charge in [0, 0.05) is 5.41 Å². The highest BCUT2D eigenvalue weighted by Gasteiger charge is 2.52. The number of methoxy groups -OCH3 is 1. The van der Waals surface area contributed by atoms with E-state index in [1.807, 2.05) is 19.1 Å². The summed E-state index contributed by atoms with van der Waals surface area (Å²) in [4.78, 5) is 21.5. The number of rotatable bonds is 9. The van der Waals surface area contributed by atoms with E-state index >= 15 is 0 Å². The summed E-state index contributed by atoms with van der Waals surface area (Å²) in [5.41, 5.74) is 2.53. The van der Waals surface area contributed by atoms with Gasteiger partial charge in [0.25, 0.3) is 0 Å². The summed E-state index contributed by atoms with van der Waals surface area (Å²) in [6.45, 7) is 2.56. The molecule has 3 fully saturated rings. The van der Waals surface area contributed by atoms with Crippen molar-refractivity contribution in [1.82, 2.24) is 15.3 Å². The molecule has 1 amide bonds. The molecule has 1 aromatic carbocycles. The molecule has 33 heavy (non-hydrogen) atoms. The van der Waals surface area contributed by atoms with Crippen LogP contribution in [0.4, 0.5) is 4.39 Å². The highest BCUT2D eigenvalue weighted by Crippen LogP contribution is 2.57. The molecule has 176 valence electrons. The standard InChI is InChI=1S/C26H32FN3O3/c1-3-19(14-27)18-33-22-6-4-20(5-7-22)25-8-11-26(12-9-25,13-10-25)24(31)30-16-21-15-29-23(32-2)17-28-21/h4-7,14-15,17H,3,8-13,16,18H2,1-2H3,(H,30,31)/b19-14+. The Bertz CT molecular complexity index is 964. The lowest BCUT2D eigenvalue weighted by Gasteiger charge is -2.52. The number of carbonyl (C=O) groups excluding carboxylic acids is 1. The molecule has 0 atom stereocenters. The van der Waals surface area contributed by atoms with Crippen LogP contribution in [0.3, 0.4) is 0 Å². The summed E-state index contributed by atoms with van der Waals surface area (Å²) in [6.07, 6.45) is 10.2. The molecule has 0 radical (unpaired) electrons. The van der Waals surface area contributed by atoms with E-state index in [4.69, 9.17) is 9.47 Å². The molecule has 0 saturated heterocycles. The maximum absolute atomic E-state index is 13.1. The van der Waals surface area contributed by atoms with Crippen LogP contribution >= 0.6 is 0 Å². The van der Waals surface area contributed by atoms with Crippen molar-refractivity contribution in [3.63, 3.8) is 0 Å². The second-order valence-corrected chi connectivity index (χ2v) is 9.23. The molecule has 2 bridgehead atoms. The zero-order valence-corrected chi connectivity index (χ0v) is 19.4. The first kappa shape index (κ1) is 23.2. The van der Waals surface area contributed by atoms with Gasteiger partial charge in [-0.25, -0.2) is 9.37 Å². The van der Waals surface area contributed by atoms with Crippen LogP contribution in [0.1, 0.15) is 63.1 Å². The van der Waals surface area contributed by atoms with Crippen molar-refractivity contribution in [3.05, 3.63) is 59.8 Å². The molecule has 6 nitrogen and oxygen atoms in total. The Hall–Kier alpha value is -2.96. The van der Waals surface area contributed by atoms with Crippen molar-refractivity contribution in [2.75, 3.05) is 13.7 Å². The first-order valence-corrected chi connectivity index (χ1v) is 11.7. The van der Waals surface area contributed by atoms with Gasteiger partial charge in [-0.15, -0.1) is 0 Å². The van der Waals surface area contributed by atoms with Gasteiger partial charge in [-0.3, -0.25) is 9.78 Å². The quantitative estimate of drug-likeness (QED) is 0.576. The van der Waals surface area contributed by atoms with E-state index in [-0.39, 0.29) is 23.3 Å². The fourth-order valence-corrected chi connectivity index (χ4v) is 5.15. The number of carbonyl (C=O) groups is 1. The minimum atomic E-state index is -0.278. The third-order valence-corrected chi connectivity index (χ3v) is 7.55. The van der Waals surface area contributed by atoms with Crippen LogP contribution in [0, 0.1) is 5.41 Å². The average molecular weight is 454 g/mol. The van der Waals surface area contributed by atoms with Crippen molar-refractivity contribution >= 4 is 5.91 Å². The number of amides is 1. The Morgan fingerprint density at radius 2 is 1.79 bits per heavy atom. The SMILES string of the molecule is CC/C(=C\F)COc1ccc(C23CCC(C(=O)NCc4cnc(OC)cn4)(CC2)CC3)cc1. The molecule has 1 heterocycles. The number of benzene rings is 1. The molecule has 3 saturated carbocycles. The van der Waals surface area contributed by atoms with Crippen LogP contribution in [0.25, 0.3) is 0 Å². The average Bonchev–Trinajstić information content (AvgIpc) is 2.89. The van der Waals surface area contributed by atoms with E-state index in [2.05, 4.69) is 27.4 Å². The van der Waals surface area contributed by atoms with Gasteiger partial charge in [-0.1, -0.05) is 19.1 Å². The first-order chi connectivity index (χ1) is 16.0. The normalized spacial score (nSPS) is 24.4. The highest BCUT2D eigenvalue weighted by atomic mass is 19.1. The van der Waals surface area contributed by atoms with Crippen LogP contribution in [0.5, 0.6) is 11.6 Å². The van der Waals surface area contributed by atoms with Crippen LogP contribution in [-0.2, 0) is 16.8 Å². The van der Waals surface area contributed by atoms with Crippen LogP contribution in [0.15, 0.2) is 48.6 Å². The molecule has 5 rings (SSSR count). The third-order valence-electron chi connectivity index (χ3n) is 7.55. The Balaban J connectivity index is 1.33. The third kappa shape index (κ3) is 4.87. The number of halogens is 1. The Labute approximate surface area is 194 Å². The molecule has 1 N–H and O–H groups in total. The van der Waals surface area contributed by atoms with E-state index in [0.29, 0.717) is 30.7 Å². The summed E-state index contributed by atoms with van der Waals surface area (Å²) in [5, 5.41) is 3.08. The number of hydrogen-bond acceptors (Lipinski definition) is 5. The Morgan fingerprint density at radius 1 is 1.09 bits per heavy atom. The molecule has 0 spiro atoms. The summed E-state index contributed by atoms with van der Waals surface area (Å²) in [7, 11) is 1.55. The largest absolute Gasteiger partial charge is 0.489 e. The number of aromatic nitrogens is 2. The van der Waals surface area contributed by atoms with Crippen molar-refractivity contribution in [2.45, 2.75) is 63.8 Å². The second kappa shape index (κ2) is 9.89. The summed E-state index contributed by atoms with van der Waals surface area (Å²) in [5.74, 6) is 1.34. The first-order valence-electron chi connectivity index (χ1n) is 11.7. The number of nitrogens with one attached hydrogen (secondary N) is 1. The summed E-state index contributed by atoms with van der Waals surface area (Å²) >= 11 is 0. The van der Waals surface area contributed by atoms with E-state index in [9.17, 15) is 9.18 Å². The molecule has 3 aliphatic carbocycles. The van der Waals surface area contributed by atoms with Gasteiger partial charge in [0.1, 0.15) is 12.4 Å². The Kier molecular flexibility index (Phi) is 6.96. The van der Waals surface area contributed by atoms with Crippen LogP contribution < -0.4 is 14.8 Å². The number of hydrogen-bond donors (Lipinski definition) is 1. The summed E-state index contributed by atoms with van der Waals surface area (Å²) < 4.78 is 23.5. The predicted octanol–water partition coefficient (Wildman–Crippen LogP) is 5.04. The smallest absolute Gasteiger partial charge is 0.231 e. The van der Waals surface area contributed by atoms with Gasteiger partial charge < -0.3 is 14.8 Å². The predicted molar refractivity (Wildman–Crippen MR) is 124 cm³/mol. The van der Waals surface area contributed by atoms with E-state index < -0.39 is 0 Å². The van der Waals surface area contributed by atoms with E-state index in [1.54, 1.807) is 19.5 Å². The zero-order chi connectivity index (χ0) is 23.3. The van der Waals surface area contributed by atoms with Crippen LogP contribution in [0.2, 0.25) is 0 Å². The van der Waals surface area contributed by atoms with Crippen molar-refractivity contribution in [1.29, 1.82) is 0 Å². The van der Waals surface area contributed by atoms with Gasteiger partial charge in [0.05, 0.1) is 38.1 Å². The number of ether oxygens (including phenoxy) is 2. The topological polar surface area (TPSA) is 73.3 Å². The number of fused-ring (bicyclic) bond motifs is 3. The molecule has 0 aliphatic heterocycles. The second-order valence-electron chi connectivity index (χ2n) is 9.23. The molecule has 2 aromatic rings. The molecular formula is C26H32FN3O3. The molecule has 3 aliphatic rings. The van der Waals surface area contributed by atoms with E-state index in [1.165, 1.54) is 5.56 Å². The van der Waals surface area contributed by atoms with Gasteiger partial charge in [0.2, 0.25) is 11.8 Å². The maximum atomic E-state index is 13.1. The maximum Gasteiger partial charge on any atom is 0.231 e. The highest BCUT2D eigenvalue weighted by molar-refractivity contribution is 5.83. The van der Waals surface area contributed by atoms with Gasteiger partial charge in [-0.2, -0.15) is 0 Å². The molecule has 7 heteroatoms. The molecule has 0 unspecified atom stereocenters. The van der Waals surface area contributed by atoms with Gasteiger partial charge >= 0.3 is 0 Å². The van der Waals surface area contributed by atoms with Crippen molar-refractivity contribution in [2.24, 2.45) is 5.41 Å². The molecule has 1 aromatic heterocycles.